The second-order valence-electron chi connectivity index (χ2n) is 2.55. The molecule has 0 rings (SSSR count). The monoisotopic (exact) mass is 133 g/mol. The van der Waals surface area contributed by atoms with Crippen molar-refractivity contribution >= 4 is 0 Å². The highest BCUT2D eigenvalue weighted by Crippen LogP contribution is 2.02. The van der Waals surface area contributed by atoms with Crippen molar-refractivity contribution in [2.24, 2.45) is 5.92 Å². The molecule has 0 bridgehead atoms. The summed E-state index contributed by atoms with van der Waals surface area (Å²) in [6.07, 6.45) is 0.460. The van der Waals surface area contributed by atoms with E-state index in [4.69, 9.17) is 10.3 Å². The highest BCUT2D eigenvalue weighted by Gasteiger charge is 2.03. The van der Waals surface area contributed by atoms with E-state index in [-0.39, 0.29) is 6.10 Å². The molecule has 0 radical (unpaired) electrons. The summed E-state index contributed by atoms with van der Waals surface area (Å²) in [7, 11) is 0. The van der Waals surface area contributed by atoms with E-state index in [9.17, 15) is 0 Å². The van der Waals surface area contributed by atoms with Crippen molar-refractivity contribution in [3.8, 4) is 0 Å². The topological polar surface area (TPSA) is 52.5 Å². The second-order valence-corrected chi connectivity index (χ2v) is 2.55. The Morgan fingerprint density at radius 1 is 1.44 bits per heavy atom. The average Bonchev–Trinajstić information content (AvgIpc) is 1.63. The van der Waals surface area contributed by atoms with E-state index in [1.807, 2.05) is 6.92 Å². The molecule has 2 atom stereocenters. The summed E-state index contributed by atoms with van der Waals surface area (Å²) >= 11 is 0. The molecule has 0 aliphatic heterocycles. The number of hydrogen-bond acceptors (Lipinski definition) is 3. The van der Waals surface area contributed by atoms with E-state index in [1.165, 1.54) is 0 Å². The molecule has 0 aromatic carbocycles. The first kappa shape index (κ1) is 8.88. The van der Waals surface area contributed by atoms with Gasteiger partial charge in [-0.1, -0.05) is 6.92 Å². The van der Waals surface area contributed by atoms with Gasteiger partial charge in [-0.15, -0.1) is 0 Å². The van der Waals surface area contributed by atoms with Crippen molar-refractivity contribution in [3.63, 3.8) is 0 Å². The van der Waals surface area contributed by atoms with Crippen molar-refractivity contribution in [2.75, 3.05) is 6.54 Å². The standard InChI is InChI=1S/C6H15NO2/c1-5(4-7-9)3-6(2)8/h5-9H,3-4H2,1-2H3. The number of rotatable bonds is 4. The summed E-state index contributed by atoms with van der Waals surface area (Å²) < 4.78 is 0. The number of hydroxylamine groups is 1. The lowest BCUT2D eigenvalue weighted by Crippen LogP contribution is -2.20. The molecule has 0 spiro atoms. The number of aliphatic hydroxyl groups is 1. The smallest absolute Gasteiger partial charge is 0.0515 e. The van der Waals surface area contributed by atoms with Crippen molar-refractivity contribution in [3.05, 3.63) is 0 Å². The van der Waals surface area contributed by atoms with Gasteiger partial charge in [0.15, 0.2) is 0 Å². The molecule has 0 fully saturated rings. The summed E-state index contributed by atoms with van der Waals surface area (Å²) in [5, 5.41) is 17.1. The average molecular weight is 133 g/mol. The van der Waals surface area contributed by atoms with E-state index in [2.05, 4.69) is 5.48 Å². The fourth-order valence-corrected chi connectivity index (χ4v) is 0.821. The molecule has 0 aromatic heterocycles. The predicted octanol–water partition coefficient (Wildman–Crippen LogP) is 0.372. The fraction of sp³-hybridized carbons (Fsp3) is 1.00. The zero-order valence-corrected chi connectivity index (χ0v) is 5.96. The van der Waals surface area contributed by atoms with Gasteiger partial charge in [0.25, 0.3) is 0 Å². The van der Waals surface area contributed by atoms with E-state index in [0.717, 1.165) is 6.42 Å². The van der Waals surface area contributed by atoms with Crippen LogP contribution in [0, 0.1) is 5.92 Å². The molecule has 0 saturated heterocycles. The minimum absolute atomic E-state index is 0.270. The van der Waals surface area contributed by atoms with Crippen LogP contribution in [0.3, 0.4) is 0 Å². The van der Waals surface area contributed by atoms with Crippen molar-refractivity contribution in [1.82, 2.24) is 5.48 Å². The van der Waals surface area contributed by atoms with E-state index >= 15 is 0 Å². The molecule has 0 saturated carbocycles. The van der Waals surface area contributed by atoms with Crippen molar-refractivity contribution in [1.29, 1.82) is 0 Å². The molecule has 3 N–H and O–H groups in total. The highest BCUT2D eigenvalue weighted by molar-refractivity contribution is 4.56. The summed E-state index contributed by atoms with van der Waals surface area (Å²) in [6, 6.07) is 0. The Bertz CT molecular complexity index is 66.1. The first-order valence-electron chi connectivity index (χ1n) is 3.21. The lowest BCUT2D eigenvalue weighted by atomic mass is 10.1. The molecule has 9 heavy (non-hydrogen) atoms. The molecule has 0 aliphatic rings. The molecule has 0 aliphatic carbocycles. The summed E-state index contributed by atoms with van der Waals surface area (Å²) in [4.78, 5) is 0. The first-order valence-corrected chi connectivity index (χ1v) is 3.21. The maximum atomic E-state index is 8.84. The van der Waals surface area contributed by atoms with Gasteiger partial charge in [-0.05, 0) is 19.3 Å². The number of aliphatic hydroxyl groups excluding tert-OH is 1. The van der Waals surface area contributed by atoms with E-state index in [0.29, 0.717) is 12.5 Å². The van der Waals surface area contributed by atoms with Gasteiger partial charge in [0.1, 0.15) is 0 Å². The summed E-state index contributed by atoms with van der Waals surface area (Å²) in [6.45, 7) is 4.26. The Morgan fingerprint density at radius 3 is 2.33 bits per heavy atom. The third kappa shape index (κ3) is 5.76. The molecule has 0 aromatic rings. The quantitative estimate of drug-likeness (QED) is 0.486. The Labute approximate surface area is 55.7 Å². The summed E-state index contributed by atoms with van der Waals surface area (Å²) in [5.74, 6) is 0.329. The minimum Gasteiger partial charge on any atom is -0.393 e. The van der Waals surface area contributed by atoms with Crippen LogP contribution in [0.25, 0.3) is 0 Å². The minimum atomic E-state index is -0.270. The van der Waals surface area contributed by atoms with Crippen LogP contribution in [0.4, 0.5) is 0 Å². The molecule has 0 amide bonds. The molecule has 3 nitrogen and oxygen atoms in total. The normalized spacial score (nSPS) is 17.3. The Hall–Kier alpha value is -0.120. The largest absolute Gasteiger partial charge is 0.393 e. The maximum absolute atomic E-state index is 8.84. The van der Waals surface area contributed by atoms with Crippen LogP contribution in [0.15, 0.2) is 0 Å². The van der Waals surface area contributed by atoms with E-state index < -0.39 is 0 Å². The molecule has 2 unspecified atom stereocenters. The van der Waals surface area contributed by atoms with Crippen molar-refractivity contribution < 1.29 is 10.3 Å². The van der Waals surface area contributed by atoms with Crippen LogP contribution in [-0.4, -0.2) is 23.0 Å². The molecule has 56 valence electrons. The van der Waals surface area contributed by atoms with Gasteiger partial charge in [-0.3, -0.25) is 0 Å². The fourth-order valence-electron chi connectivity index (χ4n) is 0.821. The summed E-state index contributed by atoms with van der Waals surface area (Å²) in [5.41, 5.74) is 2.06. The number of hydrogen-bond donors (Lipinski definition) is 3. The van der Waals surface area contributed by atoms with Crippen LogP contribution in [-0.2, 0) is 0 Å². The van der Waals surface area contributed by atoms with Crippen molar-refractivity contribution in [2.45, 2.75) is 26.4 Å². The highest BCUT2D eigenvalue weighted by atomic mass is 16.5. The van der Waals surface area contributed by atoms with Gasteiger partial charge in [-0.2, -0.15) is 0 Å². The van der Waals surface area contributed by atoms with Gasteiger partial charge < -0.3 is 10.3 Å². The number of nitrogens with one attached hydrogen (secondary N) is 1. The Kier molecular flexibility index (Phi) is 4.67. The SMILES string of the molecule is CC(O)CC(C)CNO. The van der Waals surface area contributed by atoms with Gasteiger partial charge in [-0.25, -0.2) is 5.48 Å². The molecule has 0 heterocycles. The third-order valence-corrected chi connectivity index (χ3v) is 1.18. The van der Waals surface area contributed by atoms with Crippen LogP contribution in [0.5, 0.6) is 0 Å². The third-order valence-electron chi connectivity index (χ3n) is 1.18. The Morgan fingerprint density at radius 2 is 2.00 bits per heavy atom. The lowest BCUT2D eigenvalue weighted by Gasteiger charge is -2.10. The van der Waals surface area contributed by atoms with Gasteiger partial charge in [0, 0.05) is 6.54 Å². The Balaban J connectivity index is 3.15. The molecular weight excluding hydrogens is 118 g/mol. The lowest BCUT2D eigenvalue weighted by molar-refractivity contribution is 0.122. The maximum Gasteiger partial charge on any atom is 0.0515 e. The second kappa shape index (κ2) is 4.73. The molecule has 3 heteroatoms. The zero-order valence-electron chi connectivity index (χ0n) is 5.96. The predicted molar refractivity (Wildman–Crippen MR) is 35.3 cm³/mol. The zero-order chi connectivity index (χ0) is 7.28. The van der Waals surface area contributed by atoms with Gasteiger partial charge in [0.05, 0.1) is 6.10 Å². The van der Waals surface area contributed by atoms with Gasteiger partial charge in [0.2, 0.25) is 0 Å². The van der Waals surface area contributed by atoms with Gasteiger partial charge >= 0.3 is 0 Å². The van der Waals surface area contributed by atoms with Crippen LogP contribution >= 0.6 is 0 Å². The first-order chi connectivity index (χ1) is 4.16. The van der Waals surface area contributed by atoms with Crippen LogP contribution in [0.2, 0.25) is 0 Å². The molecular formula is C6H15NO2. The van der Waals surface area contributed by atoms with E-state index in [1.54, 1.807) is 6.92 Å². The van der Waals surface area contributed by atoms with Crippen LogP contribution in [0.1, 0.15) is 20.3 Å². The van der Waals surface area contributed by atoms with Crippen LogP contribution < -0.4 is 5.48 Å².